The van der Waals surface area contributed by atoms with Gasteiger partial charge >= 0.3 is 11.9 Å². The van der Waals surface area contributed by atoms with E-state index in [1.54, 1.807) is 24.3 Å². The van der Waals surface area contributed by atoms with Crippen molar-refractivity contribution in [1.29, 1.82) is 0 Å². The largest absolute Gasteiger partial charge is 0.456 e. The fourth-order valence-corrected chi connectivity index (χ4v) is 11.1. The minimum absolute atomic E-state index is 0.0161. The van der Waals surface area contributed by atoms with Gasteiger partial charge < -0.3 is 47.4 Å². The Hall–Kier alpha value is -7.34. The fraction of sp³-hybridized carbons (Fsp3) is 0.269. The van der Waals surface area contributed by atoms with Crippen LogP contribution in [0, 0.1) is 0 Å². The fourth-order valence-electron chi connectivity index (χ4n) is 9.93. The average Bonchev–Trinajstić information content (AvgIpc) is 3.77. The molecule has 2 aliphatic carbocycles. The molecule has 10 rings (SSSR count). The first-order chi connectivity index (χ1) is 39.8. The molecule has 0 bridgehead atoms. The number of thioether (sulfide) groups is 1. The zero-order chi connectivity index (χ0) is 55.6. The number of fused-ring (bicyclic) bond motifs is 1. The van der Waals surface area contributed by atoms with Gasteiger partial charge in [0.1, 0.15) is 42.1 Å². The third kappa shape index (κ3) is 15.6. The van der Waals surface area contributed by atoms with Gasteiger partial charge in [-0.1, -0.05) is 218 Å². The van der Waals surface area contributed by atoms with Crippen molar-refractivity contribution in [1.82, 2.24) is 0 Å². The minimum Gasteiger partial charge on any atom is -0.456 e. The summed E-state index contributed by atoms with van der Waals surface area (Å²) in [4.78, 5) is 43.5. The second kappa shape index (κ2) is 28.9. The first-order valence-corrected chi connectivity index (χ1v) is 28.0. The molecule has 81 heavy (non-hydrogen) atoms. The second-order valence-corrected chi connectivity index (χ2v) is 20.9. The molecule has 0 spiro atoms. The highest BCUT2D eigenvalue weighted by molar-refractivity contribution is 7.99. The molecule has 0 N–H and O–H groups in total. The molecule has 0 amide bonds. The zero-order valence-electron chi connectivity index (χ0n) is 44.8. The Kier molecular flexibility index (Phi) is 20.3. The second-order valence-electron chi connectivity index (χ2n) is 19.7. The van der Waals surface area contributed by atoms with E-state index in [1.165, 1.54) is 18.7 Å². The highest BCUT2D eigenvalue weighted by Gasteiger charge is 2.56. The average molecular weight is 1110 g/mol. The summed E-state index contributed by atoms with van der Waals surface area (Å²) in [6.07, 6.45) is -10.6. The zero-order valence-corrected chi connectivity index (χ0v) is 45.6. The molecule has 6 aromatic carbocycles. The molecular weight excluding hydrogens is 1040 g/mol. The highest BCUT2D eigenvalue weighted by atomic mass is 32.2. The quantitative estimate of drug-likeness (QED) is 0.0304. The van der Waals surface area contributed by atoms with Crippen molar-refractivity contribution in [2.24, 2.45) is 0 Å². The lowest BCUT2D eigenvalue weighted by Gasteiger charge is -2.50. The first-order valence-electron chi connectivity index (χ1n) is 27.1. The van der Waals surface area contributed by atoms with E-state index in [1.807, 2.05) is 200 Å². The van der Waals surface area contributed by atoms with Gasteiger partial charge in [0.25, 0.3) is 5.78 Å². The van der Waals surface area contributed by atoms with Gasteiger partial charge in [0.05, 0.1) is 46.2 Å². The molecule has 0 saturated carbocycles. The summed E-state index contributed by atoms with van der Waals surface area (Å²) in [6.45, 7) is 1.80. The number of hydrogen-bond donors (Lipinski definition) is 0. The van der Waals surface area contributed by atoms with Crippen LogP contribution in [0.25, 0.3) is 11.1 Å². The van der Waals surface area contributed by atoms with Crippen molar-refractivity contribution in [3.8, 4) is 11.1 Å². The molecule has 2 aliphatic heterocycles. The van der Waals surface area contributed by atoms with Gasteiger partial charge in [0.15, 0.2) is 18.5 Å². The topological polar surface area (TPSA) is 144 Å². The minimum atomic E-state index is -1.53. The van der Waals surface area contributed by atoms with Crippen molar-refractivity contribution in [3.05, 3.63) is 258 Å². The van der Waals surface area contributed by atoms with Gasteiger partial charge in [-0.25, -0.2) is 4.79 Å². The Morgan fingerprint density at radius 1 is 0.420 bits per heavy atom. The number of ether oxygens (including phenoxy) is 10. The summed E-state index contributed by atoms with van der Waals surface area (Å²) >= 11 is 1.49. The number of Topliss-reactive ketones (excluding diaryl/α,β-unsaturated/α-hetero) is 1. The summed E-state index contributed by atoms with van der Waals surface area (Å²) < 4.78 is 68.3. The summed E-state index contributed by atoms with van der Waals surface area (Å²) in [6, 6.07) is 70.9. The Labute approximate surface area is 476 Å². The van der Waals surface area contributed by atoms with E-state index in [0.717, 1.165) is 38.3 Å². The van der Waals surface area contributed by atoms with Gasteiger partial charge in [-0.15, -0.1) is 0 Å². The highest BCUT2D eigenvalue weighted by Crippen LogP contribution is 2.41. The lowest BCUT2D eigenvalue weighted by atomic mass is 9.96. The molecule has 10 atom stereocenters. The van der Waals surface area contributed by atoms with E-state index in [-0.39, 0.29) is 51.8 Å². The molecule has 6 aromatic rings. The number of carbonyl (C=O) groups excluding carboxylic acids is 3. The van der Waals surface area contributed by atoms with Crippen molar-refractivity contribution >= 4 is 29.5 Å². The molecule has 14 heteroatoms. The third-order valence-electron chi connectivity index (χ3n) is 13.9. The Morgan fingerprint density at radius 3 is 1.38 bits per heavy atom. The molecule has 4 aliphatic rings. The first kappa shape index (κ1) is 56.9. The van der Waals surface area contributed by atoms with Crippen molar-refractivity contribution in [2.45, 2.75) is 105 Å². The van der Waals surface area contributed by atoms with Crippen LogP contribution in [-0.4, -0.2) is 91.5 Å². The standard InChI is InChI=1S/C67H64O13S/c1-46(68)76-60-56(44-71-39-47-23-9-2-10-24-47)77-66(63(74-42-50-29-15-5-16-30-50)62(60)79-65(70)58(69)55-38-37-52-33-19-7-22-36-54(52)55)80-59-57(45-72-40-48-25-11-3-12-26-48)78-67(81-53-34-20-8-21-35-53)64(75-43-51-31-17-6-18-32-51)61(59)73-41-49-27-13-4-14-28-49/h2-38,56-57,59-64,66-67H,39-45H2,1H3/t56-,57-,59-,60+,61+,62+,63-,64-,66+,67+/m1/s1. The monoisotopic (exact) mass is 1110 g/mol. The van der Waals surface area contributed by atoms with Crippen LogP contribution in [0.5, 0.6) is 0 Å². The lowest BCUT2D eigenvalue weighted by molar-refractivity contribution is -0.352. The van der Waals surface area contributed by atoms with Crippen molar-refractivity contribution < 1.29 is 61.8 Å². The van der Waals surface area contributed by atoms with Crippen LogP contribution in [-0.2, 0) is 90.0 Å². The maximum atomic E-state index is 14.7. The Morgan fingerprint density at radius 2 is 0.864 bits per heavy atom. The van der Waals surface area contributed by atoms with E-state index in [9.17, 15) is 14.4 Å². The van der Waals surface area contributed by atoms with Crippen LogP contribution in [0.4, 0.5) is 0 Å². The smallest absolute Gasteiger partial charge is 0.380 e. The van der Waals surface area contributed by atoms with Crippen LogP contribution >= 0.6 is 11.8 Å². The van der Waals surface area contributed by atoms with Gasteiger partial charge in [0, 0.05) is 17.4 Å². The third-order valence-corrected chi connectivity index (χ3v) is 15.0. The maximum Gasteiger partial charge on any atom is 0.380 e. The van der Waals surface area contributed by atoms with Crippen LogP contribution in [0.15, 0.2) is 229 Å². The van der Waals surface area contributed by atoms with E-state index >= 15 is 0 Å². The summed E-state index contributed by atoms with van der Waals surface area (Å²) in [5.41, 5.74) is 5.18. The van der Waals surface area contributed by atoms with E-state index in [4.69, 9.17) is 47.4 Å². The predicted molar refractivity (Wildman–Crippen MR) is 305 cm³/mol. The molecule has 2 saturated heterocycles. The van der Waals surface area contributed by atoms with E-state index in [0.29, 0.717) is 5.56 Å². The van der Waals surface area contributed by atoms with Crippen LogP contribution in [0.2, 0.25) is 0 Å². The molecule has 13 nitrogen and oxygen atoms in total. The molecule has 2 heterocycles. The Balaban J connectivity index is 1.07. The normalized spacial score (nSPS) is 22.6. The van der Waals surface area contributed by atoms with E-state index in [2.05, 4.69) is 0 Å². The maximum absolute atomic E-state index is 14.7. The van der Waals surface area contributed by atoms with Crippen LogP contribution < -0.4 is 0 Å². The number of esters is 2. The summed E-state index contributed by atoms with van der Waals surface area (Å²) in [7, 11) is 0. The number of ketones is 1. The van der Waals surface area contributed by atoms with Gasteiger partial charge in [-0.05, 0) is 57.1 Å². The predicted octanol–water partition coefficient (Wildman–Crippen LogP) is 11.6. The summed E-state index contributed by atoms with van der Waals surface area (Å²) in [5, 5.41) is 0. The van der Waals surface area contributed by atoms with Gasteiger partial charge in [-0.3, -0.25) is 9.59 Å². The molecule has 0 unspecified atom stereocenters. The lowest BCUT2D eigenvalue weighted by Crippen LogP contribution is -2.66. The van der Waals surface area contributed by atoms with Gasteiger partial charge in [-0.2, -0.15) is 0 Å². The summed E-state index contributed by atoms with van der Waals surface area (Å²) in [5.74, 6) is -2.82. The van der Waals surface area contributed by atoms with Crippen LogP contribution in [0.1, 0.15) is 45.1 Å². The molecular formula is C67H64O13S. The number of hydrogen-bond acceptors (Lipinski definition) is 14. The van der Waals surface area contributed by atoms with Crippen molar-refractivity contribution in [2.75, 3.05) is 13.2 Å². The molecule has 416 valence electrons. The SMILES string of the molecule is CC(=O)O[C@@H]1[C@H](OC(=O)C(=O)c2ccc3cccccc2-3)[C@@H](OCc2ccccc2)[C@H](O[C@H]2[C@H](OCc3ccccc3)[C@@H](OCc3ccccc3)[C@H](Sc3ccccc3)O[C@@H]2COCc2ccccc2)O[C@@H]1COCc1ccccc1. The number of rotatable bonds is 25. The molecule has 2 fully saturated rings. The molecule has 0 aromatic heterocycles. The molecule has 0 radical (unpaired) electrons. The Bertz CT molecular complexity index is 3160. The number of carbonyl (C=O) groups is 3. The number of benzene rings is 6. The van der Waals surface area contributed by atoms with Crippen LogP contribution in [0.3, 0.4) is 0 Å². The van der Waals surface area contributed by atoms with Crippen molar-refractivity contribution in [3.63, 3.8) is 0 Å². The van der Waals surface area contributed by atoms with E-state index < -0.39 is 78.3 Å². The van der Waals surface area contributed by atoms with Gasteiger partial charge in [0.2, 0.25) is 0 Å².